The van der Waals surface area contributed by atoms with E-state index in [1.807, 2.05) is 48.7 Å². The minimum Gasteiger partial charge on any atom is -0.496 e. The largest absolute Gasteiger partial charge is 0.496 e. The van der Waals surface area contributed by atoms with E-state index < -0.39 is 0 Å². The van der Waals surface area contributed by atoms with Crippen molar-refractivity contribution >= 4 is 11.6 Å². The average Bonchev–Trinajstić information content (AvgIpc) is 3.23. The van der Waals surface area contributed by atoms with E-state index in [4.69, 9.17) is 21.1 Å². The molecule has 4 rings (SSSR count). The fraction of sp³-hybridized carbons (Fsp3) is 0.125. The number of imidazole rings is 1. The van der Waals surface area contributed by atoms with Crippen LogP contribution >= 0.6 is 11.6 Å². The summed E-state index contributed by atoms with van der Waals surface area (Å²) in [4.78, 5) is 7.90. The fourth-order valence-electron chi connectivity index (χ4n) is 3.05. The number of benzene rings is 3. The van der Waals surface area contributed by atoms with E-state index in [0.717, 1.165) is 39.7 Å². The van der Waals surface area contributed by atoms with Crippen LogP contribution in [0.1, 0.15) is 11.1 Å². The monoisotopic (exact) mass is 404 g/mol. The van der Waals surface area contributed by atoms with E-state index in [9.17, 15) is 0 Å². The van der Waals surface area contributed by atoms with E-state index in [1.54, 1.807) is 7.11 Å². The average molecular weight is 405 g/mol. The molecule has 0 aliphatic rings. The van der Waals surface area contributed by atoms with Gasteiger partial charge in [-0.1, -0.05) is 53.6 Å². The van der Waals surface area contributed by atoms with Crippen molar-refractivity contribution in [2.45, 2.75) is 13.5 Å². The number of methoxy groups -OCH3 is 1. The fourth-order valence-corrected chi connectivity index (χ4v) is 3.17. The molecule has 0 saturated heterocycles. The molecular formula is C24H21ClN2O2. The van der Waals surface area contributed by atoms with Crippen molar-refractivity contribution in [1.29, 1.82) is 0 Å². The standard InChI is InChI=1S/C24H21ClN2O2/c1-16-3-7-18(8-4-16)24-26-14-22(27-24)21-12-11-20(13-23(21)28-2)29-15-17-5-9-19(25)10-6-17/h3-14H,15H2,1-2H3,(H,26,27). The summed E-state index contributed by atoms with van der Waals surface area (Å²) in [5.41, 5.74) is 5.13. The summed E-state index contributed by atoms with van der Waals surface area (Å²) >= 11 is 5.93. The number of nitrogens with one attached hydrogen (secondary N) is 1. The Balaban J connectivity index is 1.54. The first-order valence-corrected chi connectivity index (χ1v) is 9.68. The number of halogens is 1. The van der Waals surface area contributed by atoms with Crippen LogP contribution < -0.4 is 9.47 Å². The molecule has 0 spiro atoms. The van der Waals surface area contributed by atoms with Crippen LogP contribution in [-0.2, 0) is 6.61 Å². The maximum absolute atomic E-state index is 5.93. The number of aromatic amines is 1. The van der Waals surface area contributed by atoms with Gasteiger partial charge in [-0.15, -0.1) is 0 Å². The van der Waals surface area contributed by atoms with Crippen LogP contribution in [0.2, 0.25) is 5.02 Å². The zero-order valence-electron chi connectivity index (χ0n) is 16.3. The van der Waals surface area contributed by atoms with E-state index in [1.165, 1.54) is 5.56 Å². The number of H-pyrrole nitrogens is 1. The van der Waals surface area contributed by atoms with Gasteiger partial charge < -0.3 is 14.5 Å². The predicted molar refractivity (Wildman–Crippen MR) is 117 cm³/mol. The van der Waals surface area contributed by atoms with Gasteiger partial charge in [-0.2, -0.15) is 0 Å². The van der Waals surface area contributed by atoms with Crippen molar-refractivity contribution in [1.82, 2.24) is 9.97 Å². The third kappa shape index (κ3) is 4.44. The quantitative estimate of drug-likeness (QED) is 0.410. The molecule has 0 bridgehead atoms. The van der Waals surface area contributed by atoms with Crippen molar-refractivity contribution in [3.05, 3.63) is 89.1 Å². The summed E-state index contributed by atoms with van der Waals surface area (Å²) in [6.07, 6.45) is 1.82. The summed E-state index contributed by atoms with van der Waals surface area (Å²) < 4.78 is 11.5. The molecule has 1 N–H and O–H groups in total. The minimum absolute atomic E-state index is 0.460. The van der Waals surface area contributed by atoms with Gasteiger partial charge in [0, 0.05) is 22.2 Å². The molecule has 4 nitrogen and oxygen atoms in total. The van der Waals surface area contributed by atoms with Crippen molar-refractivity contribution in [3.8, 4) is 34.1 Å². The summed E-state index contributed by atoms with van der Waals surface area (Å²) in [7, 11) is 1.65. The number of hydrogen-bond acceptors (Lipinski definition) is 3. The molecule has 0 radical (unpaired) electrons. The van der Waals surface area contributed by atoms with Crippen molar-refractivity contribution in [2.24, 2.45) is 0 Å². The normalized spacial score (nSPS) is 10.7. The number of ether oxygens (including phenoxy) is 2. The summed E-state index contributed by atoms with van der Waals surface area (Å²) in [6.45, 7) is 2.53. The van der Waals surface area contributed by atoms with E-state index >= 15 is 0 Å². The van der Waals surface area contributed by atoms with Gasteiger partial charge in [-0.3, -0.25) is 0 Å². The van der Waals surface area contributed by atoms with Gasteiger partial charge in [0.25, 0.3) is 0 Å². The third-order valence-electron chi connectivity index (χ3n) is 4.68. The lowest BCUT2D eigenvalue weighted by Gasteiger charge is -2.11. The molecule has 0 atom stereocenters. The molecule has 0 fully saturated rings. The smallest absolute Gasteiger partial charge is 0.137 e. The highest BCUT2D eigenvalue weighted by atomic mass is 35.5. The van der Waals surface area contributed by atoms with E-state index in [2.05, 4.69) is 41.2 Å². The molecule has 1 heterocycles. The summed E-state index contributed by atoms with van der Waals surface area (Å²) in [6, 6.07) is 21.7. The lowest BCUT2D eigenvalue weighted by atomic mass is 10.1. The van der Waals surface area contributed by atoms with Gasteiger partial charge in [0.1, 0.15) is 23.9 Å². The first-order valence-electron chi connectivity index (χ1n) is 9.30. The minimum atomic E-state index is 0.460. The highest BCUT2D eigenvalue weighted by molar-refractivity contribution is 6.30. The molecular weight excluding hydrogens is 384 g/mol. The number of rotatable bonds is 6. The number of nitrogens with zero attached hydrogens (tertiary/aromatic N) is 1. The lowest BCUT2D eigenvalue weighted by molar-refractivity contribution is 0.304. The zero-order valence-corrected chi connectivity index (χ0v) is 17.0. The molecule has 29 heavy (non-hydrogen) atoms. The van der Waals surface area contributed by atoms with Crippen LogP contribution in [0, 0.1) is 6.92 Å². The zero-order chi connectivity index (χ0) is 20.2. The highest BCUT2D eigenvalue weighted by Gasteiger charge is 2.12. The van der Waals surface area contributed by atoms with Gasteiger partial charge >= 0.3 is 0 Å². The summed E-state index contributed by atoms with van der Waals surface area (Å²) in [5.74, 6) is 2.28. The van der Waals surface area contributed by atoms with Gasteiger partial charge in [-0.25, -0.2) is 4.98 Å². The Morgan fingerprint density at radius 1 is 0.966 bits per heavy atom. The molecule has 4 aromatic rings. The molecule has 0 aliphatic heterocycles. The Kier molecular flexibility index (Phi) is 5.54. The maximum atomic E-state index is 5.93. The van der Waals surface area contributed by atoms with E-state index in [-0.39, 0.29) is 0 Å². The highest BCUT2D eigenvalue weighted by Crippen LogP contribution is 2.33. The second-order valence-corrected chi connectivity index (χ2v) is 7.23. The van der Waals surface area contributed by atoms with Crippen LogP contribution in [0.4, 0.5) is 0 Å². The molecule has 0 aliphatic carbocycles. The Morgan fingerprint density at radius 3 is 2.45 bits per heavy atom. The van der Waals surface area contributed by atoms with Gasteiger partial charge in [0.2, 0.25) is 0 Å². The Morgan fingerprint density at radius 2 is 1.72 bits per heavy atom. The van der Waals surface area contributed by atoms with Gasteiger partial charge in [-0.05, 0) is 36.8 Å². The number of aromatic nitrogens is 2. The second kappa shape index (κ2) is 8.41. The Bertz CT molecular complexity index is 1100. The maximum Gasteiger partial charge on any atom is 0.137 e. The number of hydrogen-bond donors (Lipinski definition) is 1. The first kappa shape index (κ1) is 19.1. The molecule has 3 aromatic carbocycles. The topological polar surface area (TPSA) is 47.1 Å². The first-order chi connectivity index (χ1) is 14.1. The van der Waals surface area contributed by atoms with E-state index in [0.29, 0.717) is 11.6 Å². The van der Waals surface area contributed by atoms with Crippen molar-refractivity contribution in [3.63, 3.8) is 0 Å². The molecule has 1 aromatic heterocycles. The molecule has 5 heteroatoms. The second-order valence-electron chi connectivity index (χ2n) is 6.79. The van der Waals surface area contributed by atoms with Crippen LogP contribution in [0.5, 0.6) is 11.5 Å². The van der Waals surface area contributed by atoms with Crippen LogP contribution in [0.15, 0.2) is 72.9 Å². The Labute approximate surface area is 175 Å². The van der Waals surface area contributed by atoms with Crippen LogP contribution in [0.3, 0.4) is 0 Å². The van der Waals surface area contributed by atoms with Gasteiger partial charge in [0.15, 0.2) is 0 Å². The third-order valence-corrected chi connectivity index (χ3v) is 4.93. The van der Waals surface area contributed by atoms with Crippen LogP contribution in [-0.4, -0.2) is 17.1 Å². The van der Waals surface area contributed by atoms with Gasteiger partial charge in [0.05, 0.1) is 19.0 Å². The molecule has 0 saturated carbocycles. The molecule has 0 amide bonds. The van der Waals surface area contributed by atoms with Crippen molar-refractivity contribution in [2.75, 3.05) is 7.11 Å². The SMILES string of the molecule is COc1cc(OCc2ccc(Cl)cc2)ccc1-c1cnc(-c2ccc(C)cc2)[nH]1. The summed E-state index contributed by atoms with van der Waals surface area (Å²) in [5, 5.41) is 0.712. The van der Waals surface area contributed by atoms with Crippen LogP contribution in [0.25, 0.3) is 22.6 Å². The lowest BCUT2D eigenvalue weighted by Crippen LogP contribution is -1.96. The Hall–Kier alpha value is -3.24. The molecule has 146 valence electrons. The predicted octanol–water partition coefficient (Wildman–Crippen LogP) is 6.29. The molecule has 0 unspecified atom stereocenters. The van der Waals surface area contributed by atoms with Crippen molar-refractivity contribution < 1.29 is 9.47 Å². The number of aryl methyl sites for hydroxylation is 1.